The van der Waals surface area contributed by atoms with Gasteiger partial charge in [-0.1, -0.05) is 6.42 Å². The van der Waals surface area contributed by atoms with Gasteiger partial charge in [-0.15, -0.1) is 12.4 Å². The first-order chi connectivity index (χ1) is 3.84. The van der Waals surface area contributed by atoms with Crippen molar-refractivity contribution in [2.75, 3.05) is 6.61 Å². The number of rotatable bonds is 2. The van der Waals surface area contributed by atoms with E-state index < -0.39 is 0 Å². The van der Waals surface area contributed by atoms with Gasteiger partial charge in [-0.05, 0) is 18.8 Å². The minimum Gasteiger partial charge on any atom is -0.395 e. The molecule has 1 aliphatic rings. The van der Waals surface area contributed by atoms with Crippen LogP contribution in [0.15, 0.2) is 0 Å². The first-order valence-electron chi connectivity index (χ1n) is 3.21. The van der Waals surface area contributed by atoms with Crippen LogP contribution in [-0.2, 0) is 0 Å². The maximum absolute atomic E-state index is 8.55. The summed E-state index contributed by atoms with van der Waals surface area (Å²) in [7, 11) is 0. The molecule has 1 rings (SSSR count). The Balaban J connectivity index is 0.000000640. The Bertz CT molecular complexity index is 72.7. The Morgan fingerprint density at radius 1 is 1.56 bits per heavy atom. The molecule has 0 aromatic heterocycles. The summed E-state index contributed by atoms with van der Waals surface area (Å²) < 4.78 is 0. The summed E-state index contributed by atoms with van der Waals surface area (Å²) in [4.78, 5) is 0. The fraction of sp³-hybridized carbons (Fsp3) is 1.00. The van der Waals surface area contributed by atoms with Crippen molar-refractivity contribution in [3.8, 4) is 0 Å². The highest BCUT2D eigenvalue weighted by molar-refractivity contribution is 5.85. The van der Waals surface area contributed by atoms with E-state index in [0.29, 0.717) is 5.92 Å². The molecule has 2 nitrogen and oxygen atoms in total. The van der Waals surface area contributed by atoms with Crippen molar-refractivity contribution in [3.05, 3.63) is 0 Å². The molecule has 1 fully saturated rings. The van der Waals surface area contributed by atoms with Crippen LogP contribution in [0, 0.1) is 5.92 Å². The summed E-state index contributed by atoms with van der Waals surface area (Å²) in [5.41, 5.74) is 5.53. The second-order valence-corrected chi connectivity index (χ2v) is 2.54. The van der Waals surface area contributed by atoms with Gasteiger partial charge >= 0.3 is 0 Å². The summed E-state index contributed by atoms with van der Waals surface area (Å²) >= 11 is 0. The number of nitrogens with two attached hydrogens (primary N) is 1. The molecule has 0 heterocycles. The van der Waals surface area contributed by atoms with Crippen molar-refractivity contribution in [1.29, 1.82) is 0 Å². The second kappa shape index (κ2) is 4.09. The van der Waals surface area contributed by atoms with Crippen molar-refractivity contribution in [2.24, 2.45) is 11.7 Å². The highest BCUT2D eigenvalue weighted by Gasteiger charge is 2.23. The van der Waals surface area contributed by atoms with Gasteiger partial charge in [0.15, 0.2) is 0 Å². The van der Waals surface area contributed by atoms with E-state index in [9.17, 15) is 0 Å². The fourth-order valence-corrected chi connectivity index (χ4v) is 1.02. The van der Waals surface area contributed by atoms with Crippen LogP contribution in [0.3, 0.4) is 0 Å². The van der Waals surface area contributed by atoms with Crippen LogP contribution in [0.1, 0.15) is 19.3 Å². The number of aliphatic hydroxyl groups excluding tert-OH is 1. The Kier molecular flexibility index (Phi) is 4.19. The molecule has 0 unspecified atom stereocenters. The molecular weight excluding hydrogens is 138 g/mol. The molecule has 0 bridgehead atoms. The highest BCUT2D eigenvalue weighted by atomic mass is 35.5. The topological polar surface area (TPSA) is 46.2 Å². The molecule has 0 aromatic rings. The van der Waals surface area contributed by atoms with Gasteiger partial charge in [-0.3, -0.25) is 0 Å². The normalized spacial score (nSPS) is 22.0. The van der Waals surface area contributed by atoms with Crippen LogP contribution in [0.5, 0.6) is 0 Å². The number of aliphatic hydroxyl groups is 1. The minimum atomic E-state index is 0. The standard InChI is InChI=1S/C6H13NO.ClH/c7-6(4-8)5-2-1-3-5;/h5-6,8H,1-4,7H2;1H/t6-;/m1./s1. The molecule has 0 saturated heterocycles. The third kappa shape index (κ3) is 2.12. The van der Waals surface area contributed by atoms with E-state index >= 15 is 0 Å². The van der Waals surface area contributed by atoms with Crippen molar-refractivity contribution < 1.29 is 5.11 Å². The Morgan fingerprint density at radius 3 is 2.22 bits per heavy atom. The number of hydrogen-bond acceptors (Lipinski definition) is 2. The monoisotopic (exact) mass is 151 g/mol. The van der Waals surface area contributed by atoms with Gasteiger partial charge in [-0.2, -0.15) is 0 Å². The van der Waals surface area contributed by atoms with E-state index in [2.05, 4.69) is 0 Å². The average Bonchev–Trinajstić information content (AvgIpc) is 1.62. The quantitative estimate of drug-likeness (QED) is 0.605. The van der Waals surface area contributed by atoms with Gasteiger partial charge in [0.25, 0.3) is 0 Å². The van der Waals surface area contributed by atoms with Crippen LogP contribution < -0.4 is 5.73 Å². The van der Waals surface area contributed by atoms with Gasteiger partial charge in [0.2, 0.25) is 0 Å². The van der Waals surface area contributed by atoms with Crippen molar-refractivity contribution >= 4 is 12.4 Å². The van der Waals surface area contributed by atoms with E-state index in [1.165, 1.54) is 19.3 Å². The van der Waals surface area contributed by atoms with E-state index in [1.807, 2.05) is 0 Å². The molecule has 3 heteroatoms. The molecule has 0 spiro atoms. The van der Waals surface area contributed by atoms with Crippen molar-refractivity contribution in [1.82, 2.24) is 0 Å². The van der Waals surface area contributed by atoms with E-state index in [-0.39, 0.29) is 25.1 Å². The lowest BCUT2D eigenvalue weighted by Crippen LogP contribution is -2.37. The molecule has 1 saturated carbocycles. The lowest BCUT2D eigenvalue weighted by molar-refractivity contribution is 0.175. The molecule has 0 radical (unpaired) electrons. The smallest absolute Gasteiger partial charge is 0.0585 e. The zero-order valence-corrected chi connectivity index (χ0v) is 6.23. The summed E-state index contributed by atoms with van der Waals surface area (Å²) in [6, 6.07) is 0.0590. The lowest BCUT2D eigenvalue weighted by Gasteiger charge is -2.29. The third-order valence-electron chi connectivity index (χ3n) is 1.97. The van der Waals surface area contributed by atoms with Gasteiger partial charge in [0, 0.05) is 6.04 Å². The predicted octanol–water partition coefficient (Wildman–Crippen LogP) is 0.528. The van der Waals surface area contributed by atoms with E-state index in [1.54, 1.807) is 0 Å². The van der Waals surface area contributed by atoms with E-state index in [4.69, 9.17) is 10.8 Å². The van der Waals surface area contributed by atoms with Gasteiger partial charge in [-0.25, -0.2) is 0 Å². The summed E-state index contributed by atoms with van der Waals surface area (Å²) in [5.74, 6) is 0.625. The maximum atomic E-state index is 8.55. The maximum Gasteiger partial charge on any atom is 0.0585 e. The molecular formula is C6H14ClNO. The summed E-state index contributed by atoms with van der Waals surface area (Å²) in [6.45, 7) is 0.157. The summed E-state index contributed by atoms with van der Waals surface area (Å²) in [6.07, 6.45) is 3.75. The first kappa shape index (κ1) is 9.21. The Labute approximate surface area is 61.8 Å². The van der Waals surface area contributed by atoms with Gasteiger partial charge < -0.3 is 10.8 Å². The van der Waals surface area contributed by atoms with Crippen LogP contribution in [-0.4, -0.2) is 17.8 Å². The lowest BCUT2D eigenvalue weighted by atomic mass is 9.80. The largest absolute Gasteiger partial charge is 0.395 e. The average molecular weight is 152 g/mol. The van der Waals surface area contributed by atoms with Crippen LogP contribution in [0.2, 0.25) is 0 Å². The highest BCUT2D eigenvalue weighted by Crippen LogP contribution is 2.28. The second-order valence-electron chi connectivity index (χ2n) is 2.54. The molecule has 3 N–H and O–H groups in total. The summed E-state index contributed by atoms with van der Waals surface area (Å²) in [5, 5.41) is 8.55. The Morgan fingerprint density at radius 2 is 2.11 bits per heavy atom. The molecule has 0 amide bonds. The molecule has 1 atom stereocenters. The van der Waals surface area contributed by atoms with Gasteiger partial charge in [0.1, 0.15) is 0 Å². The fourth-order valence-electron chi connectivity index (χ4n) is 1.02. The number of halogens is 1. The SMILES string of the molecule is Cl.N[C@H](CO)C1CCC1. The zero-order chi connectivity index (χ0) is 5.98. The predicted molar refractivity (Wildman–Crippen MR) is 39.7 cm³/mol. The van der Waals surface area contributed by atoms with E-state index in [0.717, 1.165) is 0 Å². The zero-order valence-electron chi connectivity index (χ0n) is 5.42. The van der Waals surface area contributed by atoms with Crippen LogP contribution >= 0.6 is 12.4 Å². The molecule has 56 valence electrons. The van der Waals surface area contributed by atoms with Crippen molar-refractivity contribution in [2.45, 2.75) is 25.3 Å². The number of hydrogen-bond donors (Lipinski definition) is 2. The third-order valence-corrected chi connectivity index (χ3v) is 1.97. The molecule has 1 aliphatic carbocycles. The first-order valence-corrected chi connectivity index (χ1v) is 3.21. The molecule has 0 aromatic carbocycles. The van der Waals surface area contributed by atoms with Crippen molar-refractivity contribution in [3.63, 3.8) is 0 Å². The van der Waals surface area contributed by atoms with Gasteiger partial charge in [0.05, 0.1) is 6.61 Å². The van der Waals surface area contributed by atoms with Crippen LogP contribution in [0.25, 0.3) is 0 Å². The molecule has 9 heavy (non-hydrogen) atoms. The van der Waals surface area contributed by atoms with Crippen LogP contribution in [0.4, 0.5) is 0 Å². The Hall–Kier alpha value is 0.210. The molecule has 0 aliphatic heterocycles. The minimum absolute atomic E-state index is 0.